The summed E-state index contributed by atoms with van der Waals surface area (Å²) in [6.07, 6.45) is 3.69. The Morgan fingerprint density at radius 1 is 1.16 bits per heavy atom. The van der Waals surface area contributed by atoms with Crippen LogP contribution in [0.25, 0.3) is 10.9 Å². The summed E-state index contributed by atoms with van der Waals surface area (Å²) >= 11 is 0. The van der Waals surface area contributed by atoms with Gasteiger partial charge in [-0.1, -0.05) is 24.3 Å². The Morgan fingerprint density at radius 2 is 1.96 bits per heavy atom. The molecular weight excluding hydrogens is 318 g/mol. The quantitative estimate of drug-likeness (QED) is 0.536. The SMILES string of the molecule is COc1ccc(CC(=O)N/N=C\c2c[nH]c3ccccc23)cc1OC. The number of methoxy groups -OCH3 is 2. The van der Waals surface area contributed by atoms with E-state index in [0.717, 1.165) is 22.0 Å². The van der Waals surface area contributed by atoms with Crippen LogP contribution < -0.4 is 14.9 Å². The summed E-state index contributed by atoms with van der Waals surface area (Å²) in [5.74, 6) is 1.02. The maximum Gasteiger partial charge on any atom is 0.244 e. The van der Waals surface area contributed by atoms with E-state index < -0.39 is 0 Å². The van der Waals surface area contributed by atoms with Gasteiger partial charge in [0.05, 0.1) is 26.9 Å². The van der Waals surface area contributed by atoms with Crippen LogP contribution in [0.15, 0.2) is 53.8 Å². The number of nitrogens with zero attached hydrogens (tertiary/aromatic N) is 1. The summed E-state index contributed by atoms with van der Waals surface area (Å²) in [6.45, 7) is 0. The number of hydrazone groups is 1. The highest BCUT2D eigenvalue weighted by atomic mass is 16.5. The lowest BCUT2D eigenvalue weighted by molar-refractivity contribution is -0.120. The molecule has 0 fully saturated rings. The fourth-order valence-electron chi connectivity index (χ4n) is 2.59. The molecule has 2 aromatic carbocycles. The summed E-state index contributed by atoms with van der Waals surface area (Å²) in [5.41, 5.74) is 5.31. The van der Waals surface area contributed by atoms with Gasteiger partial charge in [-0.2, -0.15) is 5.10 Å². The van der Waals surface area contributed by atoms with E-state index in [0.29, 0.717) is 11.5 Å². The highest BCUT2D eigenvalue weighted by Crippen LogP contribution is 2.27. The van der Waals surface area contributed by atoms with Crippen LogP contribution in [-0.2, 0) is 11.2 Å². The fourth-order valence-corrected chi connectivity index (χ4v) is 2.59. The van der Waals surface area contributed by atoms with Crippen LogP contribution in [0.5, 0.6) is 11.5 Å². The summed E-state index contributed by atoms with van der Waals surface area (Å²) in [6, 6.07) is 13.3. The largest absolute Gasteiger partial charge is 0.493 e. The van der Waals surface area contributed by atoms with Gasteiger partial charge in [-0.15, -0.1) is 0 Å². The molecule has 0 atom stereocenters. The van der Waals surface area contributed by atoms with Crippen LogP contribution in [-0.4, -0.2) is 31.3 Å². The highest BCUT2D eigenvalue weighted by Gasteiger charge is 2.08. The summed E-state index contributed by atoms with van der Waals surface area (Å²) in [4.78, 5) is 15.2. The van der Waals surface area contributed by atoms with E-state index in [4.69, 9.17) is 9.47 Å². The number of nitrogens with one attached hydrogen (secondary N) is 2. The number of fused-ring (bicyclic) bond motifs is 1. The average molecular weight is 337 g/mol. The van der Waals surface area contributed by atoms with Crippen LogP contribution in [0.4, 0.5) is 0 Å². The van der Waals surface area contributed by atoms with Crippen molar-refractivity contribution in [2.45, 2.75) is 6.42 Å². The van der Waals surface area contributed by atoms with Gasteiger partial charge >= 0.3 is 0 Å². The molecular formula is C19H19N3O3. The van der Waals surface area contributed by atoms with Crippen LogP contribution in [0, 0.1) is 0 Å². The number of ether oxygens (including phenoxy) is 2. The maximum absolute atomic E-state index is 12.1. The molecule has 128 valence electrons. The molecule has 6 nitrogen and oxygen atoms in total. The molecule has 0 spiro atoms. The molecule has 2 N–H and O–H groups in total. The highest BCUT2D eigenvalue weighted by molar-refractivity contribution is 5.99. The minimum absolute atomic E-state index is 0.200. The van der Waals surface area contributed by atoms with Crippen molar-refractivity contribution in [3.8, 4) is 11.5 Å². The molecule has 1 heterocycles. The van der Waals surface area contributed by atoms with Crippen molar-refractivity contribution in [1.82, 2.24) is 10.4 Å². The summed E-state index contributed by atoms with van der Waals surface area (Å²) < 4.78 is 10.4. The number of para-hydroxylation sites is 1. The molecule has 6 heteroatoms. The van der Waals surface area contributed by atoms with E-state index in [1.54, 1.807) is 32.6 Å². The molecule has 25 heavy (non-hydrogen) atoms. The van der Waals surface area contributed by atoms with Gasteiger partial charge in [-0.05, 0) is 23.8 Å². The average Bonchev–Trinajstić information content (AvgIpc) is 3.05. The molecule has 0 aliphatic heterocycles. The van der Waals surface area contributed by atoms with Gasteiger partial charge in [0.15, 0.2) is 11.5 Å². The van der Waals surface area contributed by atoms with Gasteiger partial charge in [-0.25, -0.2) is 5.43 Å². The van der Waals surface area contributed by atoms with Crippen LogP contribution in [0.3, 0.4) is 0 Å². The third-order valence-corrected chi connectivity index (χ3v) is 3.83. The molecule has 0 unspecified atom stereocenters. The van der Waals surface area contributed by atoms with Crippen molar-refractivity contribution in [2.24, 2.45) is 5.10 Å². The van der Waals surface area contributed by atoms with Crippen molar-refractivity contribution in [3.63, 3.8) is 0 Å². The van der Waals surface area contributed by atoms with E-state index in [-0.39, 0.29) is 12.3 Å². The van der Waals surface area contributed by atoms with E-state index in [1.807, 2.05) is 36.5 Å². The Labute approximate surface area is 145 Å². The maximum atomic E-state index is 12.1. The monoisotopic (exact) mass is 337 g/mol. The second-order valence-electron chi connectivity index (χ2n) is 5.45. The molecule has 0 saturated heterocycles. The fraction of sp³-hybridized carbons (Fsp3) is 0.158. The molecule has 1 aromatic heterocycles. The molecule has 0 radical (unpaired) electrons. The topological polar surface area (TPSA) is 75.7 Å². The van der Waals surface area contributed by atoms with Gasteiger partial charge < -0.3 is 14.5 Å². The van der Waals surface area contributed by atoms with Gasteiger partial charge in [0.1, 0.15) is 0 Å². The molecule has 3 aromatic rings. The minimum atomic E-state index is -0.205. The molecule has 0 saturated carbocycles. The number of carbonyl (C=O) groups is 1. The van der Waals surface area contributed by atoms with E-state index in [1.165, 1.54) is 0 Å². The number of hydrogen-bond donors (Lipinski definition) is 2. The normalized spacial score (nSPS) is 11.0. The van der Waals surface area contributed by atoms with Crippen LogP contribution in [0.1, 0.15) is 11.1 Å². The Hall–Kier alpha value is -3.28. The van der Waals surface area contributed by atoms with Crippen molar-refractivity contribution in [2.75, 3.05) is 14.2 Å². The van der Waals surface area contributed by atoms with Crippen LogP contribution >= 0.6 is 0 Å². The third kappa shape index (κ3) is 3.80. The van der Waals surface area contributed by atoms with Gasteiger partial charge in [0, 0.05) is 22.7 Å². The van der Waals surface area contributed by atoms with Crippen molar-refractivity contribution in [1.29, 1.82) is 0 Å². The van der Waals surface area contributed by atoms with Crippen molar-refractivity contribution >= 4 is 23.0 Å². The third-order valence-electron chi connectivity index (χ3n) is 3.83. The first-order valence-electron chi connectivity index (χ1n) is 7.80. The number of rotatable bonds is 6. The second kappa shape index (κ2) is 7.53. The van der Waals surface area contributed by atoms with E-state index >= 15 is 0 Å². The molecule has 1 amide bonds. The standard InChI is InChI=1S/C19H19N3O3/c1-24-17-8-7-13(9-18(17)25-2)10-19(23)22-21-12-14-11-20-16-6-4-3-5-15(14)16/h3-9,11-12,20H,10H2,1-2H3,(H,22,23)/b21-12-. The van der Waals surface area contributed by atoms with Gasteiger partial charge in [0.2, 0.25) is 5.91 Å². The Balaban J connectivity index is 1.63. The predicted octanol–water partition coefficient (Wildman–Crippen LogP) is 2.88. The van der Waals surface area contributed by atoms with Crippen molar-refractivity contribution in [3.05, 3.63) is 59.8 Å². The Kier molecular flexibility index (Phi) is 4.99. The smallest absolute Gasteiger partial charge is 0.244 e. The Bertz CT molecular complexity index is 915. The summed E-state index contributed by atoms with van der Waals surface area (Å²) in [5, 5.41) is 5.09. The number of hydrogen-bond acceptors (Lipinski definition) is 4. The van der Waals surface area contributed by atoms with E-state index in [9.17, 15) is 4.79 Å². The molecule has 0 bridgehead atoms. The molecule has 0 aliphatic rings. The number of carbonyl (C=O) groups excluding carboxylic acids is 1. The van der Waals surface area contributed by atoms with E-state index in [2.05, 4.69) is 15.5 Å². The van der Waals surface area contributed by atoms with Crippen molar-refractivity contribution < 1.29 is 14.3 Å². The first-order valence-corrected chi connectivity index (χ1v) is 7.80. The zero-order chi connectivity index (χ0) is 17.6. The number of aromatic nitrogens is 1. The lowest BCUT2D eigenvalue weighted by Gasteiger charge is -2.09. The lowest BCUT2D eigenvalue weighted by atomic mass is 10.1. The van der Waals surface area contributed by atoms with Crippen LogP contribution in [0.2, 0.25) is 0 Å². The van der Waals surface area contributed by atoms with Gasteiger partial charge in [-0.3, -0.25) is 4.79 Å². The number of benzene rings is 2. The second-order valence-corrected chi connectivity index (χ2v) is 5.45. The molecule has 0 aliphatic carbocycles. The number of H-pyrrole nitrogens is 1. The zero-order valence-electron chi connectivity index (χ0n) is 14.1. The molecule has 3 rings (SSSR count). The predicted molar refractivity (Wildman–Crippen MR) is 97.3 cm³/mol. The number of amides is 1. The Morgan fingerprint density at radius 3 is 2.76 bits per heavy atom. The first kappa shape index (κ1) is 16.6. The summed E-state index contributed by atoms with van der Waals surface area (Å²) in [7, 11) is 3.14. The van der Waals surface area contributed by atoms with Gasteiger partial charge in [0.25, 0.3) is 0 Å². The minimum Gasteiger partial charge on any atom is -0.493 e. The first-order chi connectivity index (χ1) is 12.2. The zero-order valence-corrected chi connectivity index (χ0v) is 14.1. The number of aromatic amines is 1. The lowest BCUT2D eigenvalue weighted by Crippen LogP contribution is -2.19.